The van der Waals surface area contributed by atoms with Crippen molar-refractivity contribution in [3.63, 3.8) is 0 Å². The fraction of sp³-hybridized carbons (Fsp3) is 0.579. The average Bonchev–Trinajstić information content (AvgIpc) is 2.79. The van der Waals surface area contributed by atoms with Gasteiger partial charge in [-0.25, -0.2) is 0 Å². The predicted molar refractivity (Wildman–Crippen MR) is 98.9 cm³/mol. The number of rotatable bonds is 3. The Balaban J connectivity index is 2.02. The monoisotopic (exact) mass is 366 g/mol. The van der Waals surface area contributed by atoms with Crippen LogP contribution in [0.2, 0.25) is 5.02 Å². The Morgan fingerprint density at radius 2 is 1.76 bits per heavy atom. The van der Waals surface area contributed by atoms with Gasteiger partial charge in [0.15, 0.2) is 0 Å². The smallest absolute Gasteiger partial charge is 0.228 e. The van der Waals surface area contributed by atoms with Crippen LogP contribution in [0.3, 0.4) is 0 Å². The molecule has 0 radical (unpaired) electrons. The molecule has 0 N–H and O–H groups in total. The average molecular weight is 367 g/mol. The number of ether oxygens (including phenoxy) is 1. The minimum absolute atomic E-state index is 0.0330. The predicted octanol–water partition coefficient (Wildman–Crippen LogP) is 3.00. The molecule has 1 aromatic rings. The Kier molecular flexibility index (Phi) is 6.33. The van der Waals surface area contributed by atoms with E-state index in [9.17, 15) is 9.59 Å². The number of halogens is 1. The number of hydrogen-bond donors (Lipinski definition) is 0. The summed E-state index contributed by atoms with van der Waals surface area (Å²) in [5.74, 6) is 0.834. The summed E-state index contributed by atoms with van der Waals surface area (Å²) in [5, 5.41) is 0.585. The molecule has 1 aliphatic rings. The van der Waals surface area contributed by atoms with Crippen LogP contribution in [0.5, 0.6) is 5.75 Å². The molecule has 1 aliphatic heterocycles. The summed E-state index contributed by atoms with van der Waals surface area (Å²) < 4.78 is 5.32. The molecule has 0 unspecified atom stereocenters. The first-order chi connectivity index (χ1) is 11.7. The van der Waals surface area contributed by atoms with Crippen molar-refractivity contribution >= 4 is 23.4 Å². The molecule has 0 spiro atoms. The van der Waals surface area contributed by atoms with Crippen molar-refractivity contribution in [3.8, 4) is 5.75 Å². The Morgan fingerprint density at radius 3 is 2.40 bits per heavy atom. The molecule has 2 amide bonds. The summed E-state index contributed by atoms with van der Waals surface area (Å²) in [5.41, 5.74) is 0.389. The van der Waals surface area contributed by atoms with Crippen molar-refractivity contribution in [1.82, 2.24) is 9.80 Å². The second-order valence-electron chi connectivity index (χ2n) is 7.41. The van der Waals surface area contributed by atoms with Gasteiger partial charge in [-0.1, -0.05) is 32.4 Å². The Labute approximate surface area is 154 Å². The number of amides is 2. The number of nitrogens with zero attached hydrogens (tertiary/aromatic N) is 2. The zero-order valence-electron chi connectivity index (χ0n) is 15.5. The van der Waals surface area contributed by atoms with Gasteiger partial charge in [0.2, 0.25) is 11.8 Å². The number of hydrogen-bond acceptors (Lipinski definition) is 3. The van der Waals surface area contributed by atoms with E-state index in [4.69, 9.17) is 16.3 Å². The second-order valence-corrected chi connectivity index (χ2v) is 7.85. The van der Waals surface area contributed by atoms with Crippen LogP contribution in [0.4, 0.5) is 0 Å². The van der Waals surface area contributed by atoms with Gasteiger partial charge in [0.1, 0.15) is 5.75 Å². The van der Waals surface area contributed by atoms with Crippen LogP contribution in [-0.2, 0) is 16.0 Å². The highest BCUT2D eigenvalue weighted by atomic mass is 35.5. The van der Waals surface area contributed by atoms with Crippen molar-refractivity contribution in [2.75, 3.05) is 33.3 Å². The molecule has 1 saturated heterocycles. The quantitative estimate of drug-likeness (QED) is 0.826. The van der Waals surface area contributed by atoms with Crippen molar-refractivity contribution in [2.24, 2.45) is 5.41 Å². The fourth-order valence-corrected chi connectivity index (χ4v) is 3.20. The van der Waals surface area contributed by atoms with E-state index in [-0.39, 0.29) is 18.2 Å². The van der Waals surface area contributed by atoms with Gasteiger partial charge in [-0.3, -0.25) is 9.59 Å². The van der Waals surface area contributed by atoms with E-state index in [0.29, 0.717) is 37.0 Å². The fourth-order valence-electron chi connectivity index (χ4n) is 3.00. The zero-order valence-corrected chi connectivity index (χ0v) is 16.2. The first-order valence-corrected chi connectivity index (χ1v) is 8.99. The minimum atomic E-state index is -0.396. The first-order valence-electron chi connectivity index (χ1n) is 8.62. The summed E-state index contributed by atoms with van der Waals surface area (Å²) in [6, 6.07) is 5.29. The summed E-state index contributed by atoms with van der Waals surface area (Å²) in [4.78, 5) is 28.8. The molecule has 2 rings (SSSR count). The van der Waals surface area contributed by atoms with Gasteiger partial charge in [0, 0.05) is 42.2 Å². The SMILES string of the molecule is COc1ccc(Cl)cc1CC(=O)N1CCCN(C(=O)C(C)(C)C)CC1. The lowest BCUT2D eigenvalue weighted by atomic mass is 9.94. The maximum Gasteiger partial charge on any atom is 0.228 e. The summed E-state index contributed by atoms with van der Waals surface area (Å²) in [7, 11) is 1.58. The molecule has 6 heteroatoms. The van der Waals surface area contributed by atoms with Gasteiger partial charge in [-0.15, -0.1) is 0 Å². The molecule has 0 bridgehead atoms. The highest BCUT2D eigenvalue weighted by molar-refractivity contribution is 6.30. The molecule has 25 heavy (non-hydrogen) atoms. The molecule has 1 heterocycles. The largest absolute Gasteiger partial charge is 0.496 e. The highest BCUT2D eigenvalue weighted by Gasteiger charge is 2.29. The second kappa shape index (κ2) is 8.09. The molecule has 138 valence electrons. The van der Waals surface area contributed by atoms with Crippen molar-refractivity contribution in [3.05, 3.63) is 28.8 Å². The molecule has 0 saturated carbocycles. The normalized spacial score (nSPS) is 15.7. The topological polar surface area (TPSA) is 49.9 Å². The lowest BCUT2D eigenvalue weighted by molar-refractivity contribution is -0.139. The molecule has 0 aliphatic carbocycles. The Morgan fingerprint density at radius 1 is 1.12 bits per heavy atom. The first kappa shape index (κ1) is 19.6. The maximum absolute atomic E-state index is 12.7. The van der Waals surface area contributed by atoms with E-state index >= 15 is 0 Å². The van der Waals surface area contributed by atoms with Crippen LogP contribution in [0.1, 0.15) is 32.8 Å². The van der Waals surface area contributed by atoms with E-state index in [0.717, 1.165) is 12.0 Å². The minimum Gasteiger partial charge on any atom is -0.496 e. The Bertz CT molecular complexity index is 640. The van der Waals surface area contributed by atoms with Gasteiger partial charge in [0.05, 0.1) is 13.5 Å². The Hall–Kier alpha value is -1.75. The lowest BCUT2D eigenvalue weighted by Gasteiger charge is -2.28. The third kappa shape index (κ3) is 5.11. The molecule has 5 nitrogen and oxygen atoms in total. The van der Waals surface area contributed by atoms with E-state index in [1.165, 1.54) is 0 Å². The summed E-state index contributed by atoms with van der Waals surface area (Å²) in [6.45, 7) is 8.27. The van der Waals surface area contributed by atoms with Crippen LogP contribution in [-0.4, -0.2) is 54.9 Å². The molecule has 0 atom stereocenters. The van der Waals surface area contributed by atoms with Crippen LogP contribution in [0.25, 0.3) is 0 Å². The molecule has 1 fully saturated rings. The number of methoxy groups -OCH3 is 1. The van der Waals surface area contributed by atoms with Crippen LogP contribution < -0.4 is 4.74 Å². The molecule has 0 aromatic heterocycles. The summed E-state index contributed by atoms with van der Waals surface area (Å²) >= 11 is 6.04. The lowest BCUT2D eigenvalue weighted by Crippen LogP contribution is -2.42. The highest BCUT2D eigenvalue weighted by Crippen LogP contribution is 2.24. The van der Waals surface area contributed by atoms with Gasteiger partial charge in [-0.2, -0.15) is 0 Å². The number of carbonyl (C=O) groups is 2. The van der Waals surface area contributed by atoms with E-state index in [1.807, 2.05) is 30.6 Å². The van der Waals surface area contributed by atoms with Gasteiger partial charge in [0.25, 0.3) is 0 Å². The van der Waals surface area contributed by atoms with E-state index < -0.39 is 5.41 Å². The number of carbonyl (C=O) groups excluding carboxylic acids is 2. The van der Waals surface area contributed by atoms with Crippen molar-refractivity contribution in [2.45, 2.75) is 33.6 Å². The van der Waals surface area contributed by atoms with Gasteiger partial charge in [-0.05, 0) is 24.6 Å². The molecule has 1 aromatic carbocycles. The van der Waals surface area contributed by atoms with Crippen LogP contribution in [0.15, 0.2) is 18.2 Å². The third-order valence-electron chi connectivity index (χ3n) is 4.36. The van der Waals surface area contributed by atoms with E-state index in [1.54, 1.807) is 25.3 Å². The number of benzene rings is 1. The van der Waals surface area contributed by atoms with Crippen LogP contribution in [0, 0.1) is 5.41 Å². The van der Waals surface area contributed by atoms with Crippen molar-refractivity contribution in [1.29, 1.82) is 0 Å². The maximum atomic E-state index is 12.7. The van der Waals surface area contributed by atoms with Gasteiger partial charge >= 0.3 is 0 Å². The third-order valence-corrected chi connectivity index (χ3v) is 4.60. The summed E-state index contributed by atoms with van der Waals surface area (Å²) in [6.07, 6.45) is 1.04. The molecular weight excluding hydrogens is 340 g/mol. The van der Waals surface area contributed by atoms with Gasteiger partial charge < -0.3 is 14.5 Å². The van der Waals surface area contributed by atoms with E-state index in [2.05, 4.69) is 0 Å². The van der Waals surface area contributed by atoms with Crippen LogP contribution >= 0.6 is 11.6 Å². The molecular formula is C19H27ClN2O3. The van der Waals surface area contributed by atoms with Crippen molar-refractivity contribution < 1.29 is 14.3 Å². The standard InChI is InChI=1S/C19H27ClN2O3/c1-19(2,3)18(24)22-9-5-8-21(10-11-22)17(23)13-14-12-15(20)6-7-16(14)25-4/h6-7,12H,5,8-11,13H2,1-4H3. The zero-order chi connectivity index (χ0) is 18.6.